The lowest BCUT2D eigenvalue weighted by molar-refractivity contribution is 0.222. The molecule has 0 spiro atoms. The summed E-state index contributed by atoms with van der Waals surface area (Å²) in [5.74, 6) is 1.04. The smallest absolute Gasteiger partial charge is 0.212 e. The molecular weight excluding hydrogens is 198 g/mol. The molecule has 0 aromatic rings. The van der Waals surface area contributed by atoms with Gasteiger partial charge in [0.25, 0.3) is 0 Å². The van der Waals surface area contributed by atoms with Crippen LogP contribution in [0.2, 0.25) is 0 Å². The van der Waals surface area contributed by atoms with Crippen LogP contribution in [0.3, 0.4) is 0 Å². The average molecular weight is 217 g/mol. The number of hydrogen-bond acceptors (Lipinski definition) is 2. The van der Waals surface area contributed by atoms with Crippen LogP contribution in [-0.4, -0.2) is 31.1 Å². The summed E-state index contributed by atoms with van der Waals surface area (Å²) in [5.41, 5.74) is 0. The molecule has 0 amide bonds. The first-order chi connectivity index (χ1) is 6.50. The molecular formula is C10H19NO2S. The molecule has 2 fully saturated rings. The van der Waals surface area contributed by atoms with E-state index in [-0.39, 0.29) is 5.25 Å². The second-order valence-electron chi connectivity index (χ2n) is 5.01. The highest BCUT2D eigenvalue weighted by Crippen LogP contribution is 2.34. The number of piperidine rings is 1. The third kappa shape index (κ3) is 1.96. The van der Waals surface area contributed by atoms with Crippen LogP contribution in [0.5, 0.6) is 0 Å². The Labute approximate surface area is 86.5 Å². The number of hydrogen-bond donors (Lipinski definition) is 0. The van der Waals surface area contributed by atoms with Gasteiger partial charge in [-0.15, -0.1) is 0 Å². The standard InChI is InChI=1S/C10H19NO2S/c1-8-5-9(2)7-11(6-8)14(12,13)10-3-4-10/h8-10H,3-7H2,1-2H3. The van der Waals surface area contributed by atoms with Crippen molar-refractivity contribution in [2.24, 2.45) is 11.8 Å². The van der Waals surface area contributed by atoms with Gasteiger partial charge in [-0.2, -0.15) is 0 Å². The summed E-state index contributed by atoms with van der Waals surface area (Å²) in [6.07, 6.45) is 2.92. The van der Waals surface area contributed by atoms with Crippen LogP contribution in [0.25, 0.3) is 0 Å². The van der Waals surface area contributed by atoms with Gasteiger partial charge in [0.05, 0.1) is 5.25 Å². The normalized spacial score (nSPS) is 35.9. The van der Waals surface area contributed by atoms with E-state index in [1.165, 1.54) is 0 Å². The molecule has 2 aliphatic rings. The lowest BCUT2D eigenvalue weighted by atomic mass is 9.94. The molecule has 1 aliphatic heterocycles. The highest BCUT2D eigenvalue weighted by molar-refractivity contribution is 7.90. The molecule has 2 atom stereocenters. The molecule has 0 aromatic heterocycles. The van der Waals surface area contributed by atoms with Gasteiger partial charge in [-0.25, -0.2) is 12.7 Å². The predicted molar refractivity (Wildman–Crippen MR) is 56.5 cm³/mol. The number of nitrogens with zero attached hydrogens (tertiary/aromatic N) is 1. The minimum atomic E-state index is -2.92. The van der Waals surface area contributed by atoms with Gasteiger partial charge in [0, 0.05) is 13.1 Å². The predicted octanol–water partition coefficient (Wildman–Crippen LogP) is 1.46. The van der Waals surface area contributed by atoms with Crippen molar-refractivity contribution in [3.8, 4) is 0 Å². The van der Waals surface area contributed by atoms with Crippen molar-refractivity contribution >= 4 is 10.0 Å². The van der Waals surface area contributed by atoms with Gasteiger partial charge in [0.1, 0.15) is 0 Å². The van der Waals surface area contributed by atoms with Crippen LogP contribution in [0.15, 0.2) is 0 Å². The minimum absolute atomic E-state index is 0.0417. The van der Waals surface area contributed by atoms with Crippen LogP contribution in [-0.2, 0) is 10.0 Å². The van der Waals surface area contributed by atoms with E-state index in [1.54, 1.807) is 4.31 Å². The average Bonchev–Trinajstić information content (AvgIpc) is 2.83. The topological polar surface area (TPSA) is 37.4 Å². The lowest BCUT2D eigenvalue weighted by Crippen LogP contribution is -2.43. The number of rotatable bonds is 2. The van der Waals surface area contributed by atoms with E-state index in [9.17, 15) is 8.42 Å². The summed E-state index contributed by atoms with van der Waals surface area (Å²) in [6, 6.07) is 0. The van der Waals surface area contributed by atoms with Crippen molar-refractivity contribution in [3.63, 3.8) is 0 Å². The highest BCUT2D eigenvalue weighted by Gasteiger charge is 2.41. The zero-order valence-electron chi connectivity index (χ0n) is 8.94. The zero-order valence-corrected chi connectivity index (χ0v) is 9.76. The molecule has 4 heteroatoms. The van der Waals surface area contributed by atoms with Crippen molar-refractivity contribution in [2.45, 2.75) is 38.4 Å². The maximum Gasteiger partial charge on any atom is 0.216 e. The quantitative estimate of drug-likeness (QED) is 0.702. The fourth-order valence-corrected chi connectivity index (χ4v) is 4.47. The second-order valence-corrected chi connectivity index (χ2v) is 7.22. The molecule has 14 heavy (non-hydrogen) atoms. The highest BCUT2D eigenvalue weighted by atomic mass is 32.2. The van der Waals surface area contributed by atoms with Crippen LogP contribution < -0.4 is 0 Å². The molecule has 1 heterocycles. The van der Waals surface area contributed by atoms with Crippen LogP contribution in [0.1, 0.15) is 33.1 Å². The molecule has 0 radical (unpaired) electrons. The molecule has 1 saturated heterocycles. The molecule has 2 rings (SSSR count). The summed E-state index contributed by atoms with van der Waals surface area (Å²) < 4.78 is 25.7. The molecule has 2 unspecified atom stereocenters. The molecule has 1 saturated carbocycles. The van der Waals surface area contributed by atoms with Crippen molar-refractivity contribution < 1.29 is 8.42 Å². The first-order valence-corrected chi connectivity index (χ1v) is 6.99. The summed E-state index contributed by atoms with van der Waals surface area (Å²) in [4.78, 5) is 0. The number of sulfonamides is 1. The summed E-state index contributed by atoms with van der Waals surface area (Å²) in [6.45, 7) is 5.77. The Bertz CT molecular complexity index is 298. The van der Waals surface area contributed by atoms with Crippen LogP contribution >= 0.6 is 0 Å². The van der Waals surface area contributed by atoms with Crippen molar-refractivity contribution in [1.82, 2.24) is 4.31 Å². The minimum Gasteiger partial charge on any atom is -0.212 e. The lowest BCUT2D eigenvalue weighted by Gasteiger charge is -2.34. The molecule has 3 nitrogen and oxygen atoms in total. The van der Waals surface area contributed by atoms with Gasteiger partial charge < -0.3 is 0 Å². The summed E-state index contributed by atoms with van der Waals surface area (Å²) in [5, 5.41) is -0.0417. The van der Waals surface area contributed by atoms with E-state index >= 15 is 0 Å². The van der Waals surface area contributed by atoms with Gasteiger partial charge in [-0.05, 0) is 31.1 Å². The summed E-state index contributed by atoms with van der Waals surface area (Å²) >= 11 is 0. The third-order valence-corrected chi connectivity index (χ3v) is 5.47. The van der Waals surface area contributed by atoms with Crippen molar-refractivity contribution in [1.29, 1.82) is 0 Å². The van der Waals surface area contributed by atoms with E-state index in [1.807, 2.05) is 0 Å². The van der Waals surface area contributed by atoms with Gasteiger partial charge in [0.2, 0.25) is 10.0 Å². The van der Waals surface area contributed by atoms with Gasteiger partial charge in [-0.1, -0.05) is 13.8 Å². The van der Waals surface area contributed by atoms with Gasteiger partial charge >= 0.3 is 0 Å². The Balaban J connectivity index is 2.09. The Morgan fingerprint density at radius 1 is 1.07 bits per heavy atom. The van der Waals surface area contributed by atoms with Crippen LogP contribution in [0.4, 0.5) is 0 Å². The Hall–Kier alpha value is -0.0900. The Morgan fingerprint density at radius 2 is 1.57 bits per heavy atom. The maximum absolute atomic E-state index is 12.0. The van der Waals surface area contributed by atoms with E-state index in [2.05, 4.69) is 13.8 Å². The maximum atomic E-state index is 12.0. The summed E-state index contributed by atoms with van der Waals surface area (Å²) in [7, 11) is -2.92. The van der Waals surface area contributed by atoms with E-state index in [0.717, 1.165) is 32.4 Å². The Morgan fingerprint density at radius 3 is 2.00 bits per heavy atom. The fourth-order valence-electron chi connectivity index (χ4n) is 2.39. The zero-order chi connectivity index (χ0) is 10.3. The molecule has 0 bridgehead atoms. The Kier molecular flexibility index (Phi) is 2.60. The van der Waals surface area contributed by atoms with Crippen molar-refractivity contribution in [3.05, 3.63) is 0 Å². The third-order valence-electron chi connectivity index (χ3n) is 3.14. The monoisotopic (exact) mass is 217 g/mol. The van der Waals surface area contributed by atoms with Crippen molar-refractivity contribution in [2.75, 3.05) is 13.1 Å². The molecule has 82 valence electrons. The SMILES string of the molecule is CC1CC(C)CN(S(=O)(=O)C2CC2)C1. The van der Waals surface area contributed by atoms with Gasteiger partial charge in [0.15, 0.2) is 0 Å². The molecule has 1 aliphatic carbocycles. The first-order valence-electron chi connectivity index (χ1n) is 5.49. The second kappa shape index (κ2) is 3.49. The van der Waals surface area contributed by atoms with E-state index < -0.39 is 10.0 Å². The van der Waals surface area contributed by atoms with Gasteiger partial charge in [-0.3, -0.25) is 0 Å². The first kappa shape index (κ1) is 10.4. The van der Waals surface area contributed by atoms with Crippen LogP contribution in [0, 0.1) is 11.8 Å². The van der Waals surface area contributed by atoms with E-state index in [0.29, 0.717) is 11.8 Å². The largest absolute Gasteiger partial charge is 0.216 e. The molecule has 0 aromatic carbocycles. The molecule has 0 N–H and O–H groups in total. The van der Waals surface area contributed by atoms with E-state index in [4.69, 9.17) is 0 Å². The fraction of sp³-hybridized carbons (Fsp3) is 1.00.